The molecule has 1 aromatic carbocycles. The van der Waals surface area contributed by atoms with E-state index in [1.165, 1.54) is 5.56 Å². The van der Waals surface area contributed by atoms with Crippen molar-refractivity contribution in [3.63, 3.8) is 0 Å². The molecule has 0 aromatic heterocycles. The molecule has 1 rings (SSSR count). The monoisotopic (exact) mass is 150 g/mol. The van der Waals surface area contributed by atoms with Crippen molar-refractivity contribution in [3.05, 3.63) is 35.9 Å². The van der Waals surface area contributed by atoms with Crippen molar-refractivity contribution < 1.29 is 4.74 Å². The summed E-state index contributed by atoms with van der Waals surface area (Å²) in [5.41, 5.74) is 1.24. The van der Waals surface area contributed by atoms with Crippen LogP contribution in [0.5, 0.6) is 0 Å². The Balaban J connectivity index is 2.61. The van der Waals surface area contributed by atoms with Crippen molar-refractivity contribution in [1.82, 2.24) is 0 Å². The molecular weight excluding hydrogens is 136 g/mol. The van der Waals surface area contributed by atoms with Gasteiger partial charge in [-0.05, 0) is 19.4 Å². The van der Waals surface area contributed by atoms with Gasteiger partial charge < -0.3 is 4.74 Å². The molecule has 1 nitrogen and oxygen atoms in total. The van der Waals surface area contributed by atoms with Crippen molar-refractivity contribution in [3.8, 4) is 0 Å². The van der Waals surface area contributed by atoms with Crippen LogP contribution in [0.1, 0.15) is 25.5 Å². The van der Waals surface area contributed by atoms with Crippen LogP contribution in [0.4, 0.5) is 0 Å². The standard InChI is InChI=1S/C10H14O/c1-3-11-9(2)10-7-5-4-6-8-10/h4-9H,3H2,1-2H3/t9-/m1/s1. The second-order valence-electron chi connectivity index (χ2n) is 2.51. The first-order valence-corrected chi connectivity index (χ1v) is 4.01. The summed E-state index contributed by atoms with van der Waals surface area (Å²) in [7, 11) is 0. The maximum atomic E-state index is 5.43. The summed E-state index contributed by atoms with van der Waals surface area (Å²) in [5, 5.41) is 0. The van der Waals surface area contributed by atoms with E-state index in [9.17, 15) is 0 Å². The maximum absolute atomic E-state index is 5.43. The number of hydrogen-bond acceptors (Lipinski definition) is 1. The summed E-state index contributed by atoms with van der Waals surface area (Å²) in [6.45, 7) is 4.86. The van der Waals surface area contributed by atoms with Gasteiger partial charge >= 0.3 is 0 Å². The van der Waals surface area contributed by atoms with E-state index in [2.05, 4.69) is 19.1 Å². The first-order chi connectivity index (χ1) is 5.34. The Morgan fingerprint density at radius 2 is 1.91 bits per heavy atom. The lowest BCUT2D eigenvalue weighted by atomic mass is 10.1. The minimum atomic E-state index is 0.223. The normalized spacial score (nSPS) is 12.9. The SMILES string of the molecule is CCO[C@H](C)c1ccccc1. The number of ether oxygens (including phenoxy) is 1. The largest absolute Gasteiger partial charge is 0.374 e. The third-order valence-electron chi connectivity index (χ3n) is 1.69. The molecule has 0 bridgehead atoms. The van der Waals surface area contributed by atoms with Crippen LogP contribution in [0.25, 0.3) is 0 Å². The van der Waals surface area contributed by atoms with Gasteiger partial charge in [-0.2, -0.15) is 0 Å². The van der Waals surface area contributed by atoms with E-state index in [4.69, 9.17) is 4.74 Å². The van der Waals surface area contributed by atoms with E-state index in [1.807, 2.05) is 25.1 Å². The number of benzene rings is 1. The summed E-state index contributed by atoms with van der Waals surface area (Å²) >= 11 is 0. The van der Waals surface area contributed by atoms with E-state index in [0.717, 1.165) is 6.61 Å². The molecule has 1 aromatic rings. The van der Waals surface area contributed by atoms with Gasteiger partial charge in [-0.1, -0.05) is 30.3 Å². The average molecular weight is 150 g/mol. The zero-order chi connectivity index (χ0) is 8.10. The minimum Gasteiger partial charge on any atom is -0.374 e. The lowest BCUT2D eigenvalue weighted by molar-refractivity contribution is 0.0764. The summed E-state index contributed by atoms with van der Waals surface area (Å²) in [4.78, 5) is 0. The Hall–Kier alpha value is -0.820. The zero-order valence-electron chi connectivity index (χ0n) is 7.08. The molecule has 11 heavy (non-hydrogen) atoms. The van der Waals surface area contributed by atoms with Crippen LogP contribution in [0.15, 0.2) is 30.3 Å². The van der Waals surface area contributed by atoms with Gasteiger partial charge in [0.25, 0.3) is 0 Å². The topological polar surface area (TPSA) is 9.23 Å². The summed E-state index contributed by atoms with van der Waals surface area (Å²) in [5.74, 6) is 0. The minimum absolute atomic E-state index is 0.223. The summed E-state index contributed by atoms with van der Waals surface area (Å²) in [6, 6.07) is 10.2. The molecule has 0 unspecified atom stereocenters. The highest BCUT2D eigenvalue weighted by Crippen LogP contribution is 2.14. The molecule has 0 fully saturated rings. The predicted molar refractivity (Wildman–Crippen MR) is 46.5 cm³/mol. The van der Waals surface area contributed by atoms with Crippen LogP contribution in [0.3, 0.4) is 0 Å². The Labute approximate surface area is 68.0 Å². The van der Waals surface area contributed by atoms with Gasteiger partial charge in [-0.25, -0.2) is 0 Å². The maximum Gasteiger partial charge on any atom is 0.0796 e. The third kappa shape index (κ3) is 2.35. The Kier molecular flexibility index (Phi) is 3.12. The van der Waals surface area contributed by atoms with Crippen LogP contribution < -0.4 is 0 Å². The molecule has 0 spiro atoms. The van der Waals surface area contributed by atoms with E-state index < -0.39 is 0 Å². The second kappa shape index (κ2) is 4.14. The summed E-state index contributed by atoms with van der Waals surface area (Å²) < 4.78 is 5.43. The fourth-order valence-electron chi connectivity index (χ4n) is 1.07. The smallest absolute Gasteiger partial charge is 0.0796 e. The van der Waals surface area contributed by atoms with Crippen LogP contribution >= 0.6 is 0 Å². The van der Waals surface area contributed by atoms with Gasteiger partial charge in [0.2, 0.25) is 0 Å². The summed E-state index contributed by atoms with van der Waals surface area (Å²) in [6.07, 6.45) is 0.223. The third-order valence-corrected chi connectivity index (χ3v) is 1.69. The van der Waals surface area contributed by atoms with Crippen molar-refractivity contribution in [1.29, 1.82) is 0 Å². The van der Waals surface area contributed by atoms with Crippen molar-refractivity contribution in [2.24, 2.45) is 0 Å². The average Bonchev–Trinajstić information content (AvgIpc) is 2.07. The Morgan fingerprint density at radius 3 is 2.45 bits per heavy atom. The molecule has 1 heteroatoms. The molecule has 1 atom stereocenters. The van der Waals surface area contributed by atoms with Gasteiger partial charge in [0, 0.05) is 6.61 Å². The Morgan fingerprint density at radius 1 is 1.27 bits per heavy atom. The number of rotatable bonds is 3. The van der Waals surface area contributed by atoms with Crippen molar-refractivity contribution in [2.75, 3.05) is 6.61 Å². The molecule has 0 amide bonds. The highest BCUT2D eigenvalue weighted by molar-refractivity contribution is 5.16. The molecule has 0 heterocycles. The van der Waals surface area contributed by atoms with Crippen molar-refractivity contribution in [2.45, 2.75) is 20.0 Å². The fraction of sp³-hybridized carbons (Fsp3) is 0.400. The first-order valence-electron chi connectivity index (χ1n) is 4.01. The predicted octanol–water partition coefficient (Wildman–Crippen LogP) is 2.78. The number of hydrogen-bond donors (Lipinski definition) is 0. The molecule has 0 aliphatic rings. The van der Waals surface area contributed by atoms with Crippen LogP contribution in [-0.4, -0.2) is 6.61 Å². The van der Waals surface area contributed by atoms with Gasteiger partial charge in [-0.3, -0.25) is 0 Å². The highest BCUT2D eigenvalue weighted by atomic mass is 16.5. The van der Waals surface area contributed by atoms with Crippen LogP contribution in [0.2, 0.25) is 0 Å². The van der Waals surface area contributed by atoms with E-state index in [1.54, 1.807) is 0 Å². The van der Waals surface area contributed by atoms with Gasteiger partial charge in [0.1, 0.15) is 0 Å². The lowest BCUT2D eigenvalue weighted by Gasteiger charge is -2.10. The van der Waals surface area contributed by atoms with Gasteiger partial charge in [0.15, 0.2) is 0 Å². The molecular formula is C10H14O. The molecule has 0 aliphatic heterocycles. The lowest BCUT2D eigenvalue weighted by Crippen LogP contribution is -1.98. The van der Waals surface area contributed by atoms with E-state index in [0.29, 0.717) is 0 Å². The van der Waals surface area contributed by atoms with Crippen LogP contribution in [0, 0.1) is 0 Å². The molecule has 0 aliphatic carbocycles. The Bertz CT molecular complexity index is 193. The van der Waals surface area contributed by atoms with Gasteiger partial charge in [-0.15, -0.1) is 0 Å². The van der Waals surface area contributed by atoms with Gasteiger partial charge in [0.05, 0.1) is 6.10 Å². The quantitative estimate of drug-likeness (QED) is 0.643. The first kappa shape index (κ1) is 8.28. The molecule has 0 N–H and O–H groups in total. The van der Waals surface area contributed by atoms with E-state index >= 15 is 0 Å². The second-order valence-corrected chi connectivity index (χ2v) is 2.51. The molecule has 0 saturated heterocycles. The molecule has 0 saturated carbocycles. The zero-order valence-corrected chi connectivity index (χ0v) is 7.08. The van der Waals surface area contributed by atoms with Crippen molar-refractivity contribution >= 4 is 0 Å². The highest BCUT2D eigenvalue weighted by Gasteiger charge is 2.01. The molecule has 0 radical (unpaired) electrons. The molecule has 60 valence electrons. The van der Waals surface area contributed by atoms with Crippen LogP contribution in [-0.2, 0) is 4.74 Å². The fourth-order valence-corrected chi connectivity index (χ4v) is 1.07. The van der Waals surface area contributed by atoms with E-state index in [-0.39, 0.29) is 6.10 Å².